The van der Waals surface area contributed by atoms with E-state index < -0.39 is 0 Å². The number of pyridine rings is 1. The van der Waals surface area contributed by atoms with E-state index in [1.54, 1.807) is 0 Å². The normalized spacial score (nSPS) is 15.1. The summed E-state index contributed by atoms with van der Waals surface area (Å²) in [6.07, 6.45) is 2.09. The molecule has 2 aromatic rings. The van der Waals surface area contributed by atoms with E-state index in [0.29, 0.717) is 22.9 Å². The molecule has 1 fully saturated rings. The number of aromatic nitrogens is 1. The van der Waals surface area contributed by atoms with Gasteiger partial charge >= 0.3 is 0 Å². The van der Waals surface area contributed by atoms with Gasteiger partial charge in [0.15, 0.2) is 0 Å². The molecule has 1 saturated heterocycles. The molecule has 28 heavy (non-hydrogen) atoms. The van der Waals surface area contributed by atoms with Gasteiger partial charge in [0.2, 0.25) is 0 Å². The van der Waals surface area contributed by atoms with Crippen LogP contribution < -0.4 is 9.47 Å². The second-order valence-corrected chi connectivity index (χ2v) is 7.89. The molecule has 0 N–H and O–H groups in total. The average Bonchev–Trinajstić information content (AvgIpc) is 2.64. The molecule has 0 bridgehead atoms. The van der Waals surface area contributed by atoms with Crippen molar-refractivity contribution in [3.8, 4) is 11.5 Å². The summed E-state index contributed by atoms with van der Waals surface area (Å²) in [6.45, 7) is 13.0. The van der Waals surface area contributed by atoms with Crippen LogP contribution in [0.5, 0.6) is 11.5 Å². The lowest BCUT2D eigenvalue weighted by molar-refractivity contribution is 0.0322. The predicted molar refractivity (Wildman–Crippen MR) is 115 cm³/mol. The Morgan fingerprint density at radius 2 is 2.00 bits per heavy atom. The van der Waals surface area contributed by atoms with E-state index >= 15 is 0 Å². The highest BCUT2D eigenvalue weighted by atomic mass is 35.5. The first-order valence-corrected chi connectivity index (χ1v) is 10.2. The zero-order valence-electron chi connectivity index (χ0n) is 17.1. The molecule has 0 radical (unpaired) electrons. The summed E-state index contributed by atoms with van der Waals surface area (Å²) in [5.74, 6) is 1.44. The minimum Gasteiger partial charge on any atom is -0.491 e. The fourth-order valence-electron chi connectivity index (χ4n) is 3.17. The fraction of sp³-hybridized carbons (Fsp3) is 0.500. The van der Waals surface area contributed by atoms with Crippen molar-refractivity contribution in [1.29, 1.82) is 0 Å². The number of hydrogen-bond acceptors (Lipinski definition) is 5. The Kier molecular flexibility index (Phi) is 7.16. The van der Waals surface area contributed by atoms with E-state index in [1.165, 1.54) is 0 Å². The number of halogens is 1. The first-order valence-electron chi connectivity index (χ1n) is 9.81. The predicted octanol–water partition coefficient (Wildman–Crippen LogP) is 4.81. The van der Waals surface area contributed by atoms with Crippen molar-refractivity contribution in [2.24, 2.45) is 0 Å². The van der Waals surface area contributed by atoms with Crippen LogP contribution in [0.15, 0.2) is 23.8 Å². The summed E-state index contributed by atoms with van der Waals surface area (Å²) in [5.41, 5.74) is 2.70. The number of rotatable bonds is 7. The van der Waals surface area contributed by atoms with Crippen LogP contribution in [-0.4, -0.2) is 55.4 Å². The molecular formula is C22H29ClN2O3. The topological polar surface area (TPSA) is 43.8 Å². The standard InChI is InChI=1S/C22H29ClN2O3/c1-15(2)13-17-14-20(28-16(3)4)18-5-6-19(21(23)22(18)24-17)27-12-9-25-7-10-26-11-8-25/h5-6,13-14,16H,7-12H2,1-4H3. The molecule has 0 spiro atoms. The summed E-state index contributed by atoms with van der Waals surface area (Å²) in [4.78, 5) is 7.08. The van der Waals surface area contributed by atoms with Crippen LogP contribution in [0.3, 0.4) is 0 Å². The maximum Gasteiger partial charge on any atom is 0.140 e. The molecule has 1 aromatic carbocycles. The Bertz CT molecular complexity index is 841. The second-order valence-electron chi connectivity index (χ2n) is 7.51. The lowest BCUT2D eigenvalue weighted by Gasteiger charge is -2.26. The van der Waals surface area contributed by atoms with E-state index in [4.69, 9.17) is 30.8 Å². The Hall–Kier alpha value is -1.82. The third-order valence-electron chi connectivity index (χ3n) is 4.43. The number of benzene rings is 1. The van der Waals surface area contributed by atoms with Crippen molar-refractivity contribution in [1.82, 2.24) is 9.88 Å². The van der Waals surface area contributed by atoms with E-state index in [1.807, 2.05) is 52.0 Å². The van der Waals surface area contributed by atoms with Crippen LogP contribution in [-0.2, 0) is 4.74 Å². The summed E-state index contributed by atoms with van der Waals surface area (Å²) in [5, 5.41) is 1.42. The largest absolute Gasteiger partial charge is 0.491 e. The van der Waals surface area contributed by atoms with Gasteiger partial charge in [-0.1, -0.05) is 17.2 Å². The van der Waals surface area contributed by atoms with Crippen LogP contribution in [0.2, 0.25) is 5.02 Å². The molecule has 1 aromatic heterocycles. The van der Waals surface area contributed by atoms with Crippen molar-refractivity contribution < 1.29 is 14.2 Å². The number of allylic oxidation sites excluding steroid dienone is 1. The van der Waals surface area contributed by atoms with Crippen molar-refractivity contribution in [2.75, 3.05) is 39.5 Å². The van der Waals surface area contributed by atoms with Gasteiger partial charge in [-0.2, -0.15) is 0 Å². The average molecular weight is 405 g/mol. The van der Waals surface area contributed by atoms with Gasteiger partial charge in [-0.3, -0.25) is 4.90 Å². The lowest BCUT2D eigenvalue weighted by atomic mass is 10.1. The number of morpholine rings is 1. The van der Waals surface area contributed by atoms with Gasteiger partial charge in [-0.25, -0.2) is 4.98 Å². The summed E-state index contributed by atoms with van der Waals surface area (Å²) in [6, 6.07) is 5.84. The van der Waals surface area contributed by atoms with Crippen molar-refractivity contribution >= 4 is 28.6 Å². The van der Waals surface area contributed by atoms with E-state index in [9.17, 15) is 0 Å². The first-order chi connectivity index (χ1) is 13.4. The quantitative estimate of drug-likeness (QED) is 0.662. The SMILES string of the molecule is CC(C)=Cc1cc(OC(C)C)c2ccc(OCCN3CCOCC3)c(Cl)c2n1. The molecule has 5 nitrogen and oxygen atoms in total. The maximum absolute atomic E-state index is 6.68. The highest BCUT2D eigenvalue weighted by Gasteiger charge is 2.15. The molecule has 0 amide bonds. The van der Waals surface area contributed by atoms with Crippen molar-refractivity contribution in [3.63, 3.8) is 0 Å². The molecule has 0 atom stereocenters. The number of fused-ring (bicyclic) bond motifs is 1. The van der Waals surface area contributed by atoms with Gasteiger partial charge in [-0.05, 0) is 45.9 Å². The molecule has 1 aliphatic heterocycles. The van der Waals surface area contributed by atoms with Crippen LogP contribution in [0.25, 0.3) is 17.0 Å². The van der Waals surface area contributed by atoms with E-state index in [0.717, 1.165) is 55.3 Å². The van der Waals surface area contributed by atoms with E-state index in [-0.39, 0.29) is 6.10 Å². The van der Waals surface area contributed by atoms with Gasteiger partial charge in [0.1, 0.15) is 23.1 Å². The smallest absolute Gasteiger partial charge is 0.140 e. The fourth-order valence-corrected chi connectivity index (χ4v) is 3.43. The summed E-state index contributed by atoms with van der Waals surface area (Å²) < 4.78 is 17.4. The van der Waals surface area contributed by atoms with Crippen molar-refractivity contribution in [2.45, 2.75) is 33.8 Å². The molecule has 0 aliphatic carbocycles. The Balaban J connectivity index is 1.86. The van der Waals surface area contributed by atoms with Crippen LogP contribution in [0.1, 0.15) is 33.4 Å². The third kappa shape index (κ3) is 5.37. The molecule has 0 unspecified atom stereocenters. The minimum absolute atomic E-state index is 0.0633. The minimum atomic E-state index is 0.0633. The van der Waals surface area contributed by atoms with Gasteiger partial charge < -0.3 is 14.2 Å². The number of hydrogen-bond donors (Lipinski definition) is 0. The Morgan fingerprint density at radius 1 is 1.25 bits per heavy atom. The lowest BCUT2D eigenvalue weighted by Crippen LogP contribution is -2.38. The van der Waals surface area contributed by atoms with Crippen LogP contribution in [0, 0.1) is 0 Å². The molecular weight excluding hydrogens is 376 g/mol. The van der Waals surface area contributed by atoms with Crippen molar-refractivity contribution in [3.05, 3.63) is 34.5 Å². The van der Waals surface area contributed by atoms with Gasteiger partial charge in [-0.15, -0.1) is 0 Å². The maximum atomic E-state index is 6.68. The monoisotopic (exact) mass is 404 g/mol. The molecule has 1 aliphatic rings. The van der Waals surface area contributed by atoms with Gasteiger partial charge in [0, 0.05) is 31.1 Å². The Morgan fingerprint density at radius 3 is 2.68 bits per heavy atom. The summed E-state index contributed by atoms with van der Waals surface area (Å²) in [7, 11) is 0. The molecule has 152 valence electrons. The molecule has 6 heteroatoms. The molecule has 3 rings (SSSR count). The zero-order chi connectivity index (χ0) is 20.1. The van der Waals surface area contributed by atoms with Crippen LogP contribution >= 0.6 is 11.6 Å². The Labute approximate surface area is 172 Å². The van der Waals surface area contributed by atoms with E-state index in [2.05, 4.69) is 4.90 Å². The van der Waals surface area contributed by atoms with Gasteiger partial charge in [0.05, 0.1) is 30.5 Å². The number of nitrogens with zero attached hydrogens (tertiary/aromatic N) is 2. The highest BCUT2D eigenvalue weighted by Crippen LogP contribution is 2.37. The van der Waals surface area contributed by atoms with Gasteiger partial charge in [0.25, 0.3) is 0 Å². The number of ether oxygens (including phenoxy) is 3. The van der Waals surface area contributed by atoms with Crippen LogP contribution in [0.4, 0.5) is 0 Å². The second kappa shape index (κ2) is 9.59. The first kappa shape index (κ1) is 20.9. The third-order valence-corrected chi connectivity index (χ3v) is 4.80. The highest BCUT2D eigenvalue weighted by molar-refractivity contribution is 6.36. The summed E-state index contributed by atoms with van der Waals surface area (Å²) >= 11 is 6.68. The molecule has 2 heterocycles. The zero-order valence-corrected chi connectivity index (χ0v) is 17.9. The molecule has 0 saturated carbocycles.